The van der Waals surface area contributed by atoms with Crippen LogP contribution in [0.4, 0.5) is 10.5 Å². The number of carbonyl (C=O) groups excluding carboxylic acids is 3. The smallest absolute Gasteiger partial charge is 0.284 e. The van der Waals surface area contributed by atoms with E-state index < -0.39 is 27.2 Å². The van der Waals surface area contributed by atoms with Crippen molar-refractivity contribution in [2.45, 2.75) is 4.90 Å². The fraction of sp³-hybridized carbons (Fsp3) is 0.0625. The normalized spacial score (nSPS) is 14.9. The molecule has 3 amide bonds. The summed E-state index contributed by atoms with van der Waals surface area (Å²) >= 11 is 5.32. The summed E-state index contributed by atoms with van der Waals surface area (Å²) in [7, 11) is -4.38. The van der Waals surface area contributed by atoms with Gasteiger partial charge in [0.2, 0.25) is 0 Å². The monoisotopic (exact) mass is 378 g/mol. The van der Waals surface area contributed by atoms with Crippen molar-refractivity contribution in [3.8, 4) is 0 Å². The molecule has 1 heterocycles. The molecule has 1 fully saturated rings. The molecule has 0 radical (unpaired) electrons. The predicted molar refractivity (Wildman–Crippen MR) is 89.8 cm³/mol. The van der Waals surface area contributed by atoms with Gasteiger partial charge in [0.15, 0.2) is 0 Å². The first-order chi connectivity index (χ1) is 11.8. The fourth-order valence-electron chi connectivity index (χ4n) is 2.39. The standard InChI is InChI=1S/C16H11ClN2O5S/c17-15(21)11-6-8-13(9-7-11)25(23,24)19-14(20)10-18(16(19)22)12-4-2-1-3-5-12/h1-9H,10H2. The van der Waals surface area contributed by atoms with Crippen LogP contribution in [-0.4, -0.2) is 36.4 Å². The second-order valence-corrected chi connectivity index (χ2v) is 7.30. The molecule has 0 N–H and O–H groups in total. The lowest BCUT2D eigenvalue weighted by Gasteiger charge is -2.17. The number of imide groups is 1. The van der Waals surface area contributed by atoms with Crippen LogP contribution in [-0.2, 0) is 14.8 Å². The zero-order chi connectivity index (χ0) is 18.2. The molecule has 0 unspecified atom stereocenters. The summed E-state index contributed by atoms with van der Waals surface area (Å²) in [6.07, 6.45) is 0. The van der Waals surface area contributed by atoms with E-state index in [4.69, 9.17) is 11.6 Å². The second-order valence-electron chi connectivity index (χ2n) is 5.17. The summed E-state index contributed by atoms with van der Waals surface area (Å²) in [4.78, 5) is 36.5. The van der Waals surface area contributed by atoms with Crippen LogP contribution < -0.4 is 4.90 Å². The number of halogens is 1. The number of amides is 3. The van der Waals surface area contributed by atoms with Gasteiger partial charge in [0.1, 0.15) is 6.54 Å². The van der Waals surface area contributed by atoms with Gasteiger partial charge < -0.3 is 0 Å². The fourth-order valence-corrected chi connectivity index (χ4v) is 3.84. The van der Waals surface area contributed by atoms with E-state index in [2.05, 4.69) is 0 Å². The van der Waals surface area contributed by atoms with Crippen molar-refractivity contribution in [1.29, 1.82) is 0 Å². The van der Waals surface area contributed by atoms with Gasteiger partial charge in [-0.15, -0.1) is 4.31 Å². The number of nitrogens with zero attached hydrogens (tertiary/aromatic N) is 2. The van der Waals surface area contributed by atoms with Crippen LogP contribution in [0.3, 0.4) is 0 Å². The van der Waals surface area contributed by atoms with Crippen LogP contribution in [0.2, 0.25) is 0 Å². The average molecular weight is 379 g/mol. The van der Waals surface area contributed by atoms with Gasteiger partial charge in [-0.05, 0) is 48.0 Å². The predicted octanol–water partition coefficient (Wildman–Crippen LogP) is 2.22. The third-order valence-corrected chi connectivity index (χ3v) is 5.54. The lowest BCUT2D eigenvalue weighted by molar-refractivity contribution is -0.121. The molecule has 0 spiro atoms. The van der Waals surface area contributed by atoms with Gasteiger partial charge in [-0.3, -0.25) is 14.5 Å². The molecule has 0 bridgehead atoms. The Morgan fingerprint density at radius 1 is 0.960 bits per heavy atom. The van der Waals surface area contributed by atoms with E-state index in [0.717, 1.165) is 17.0 Å². The van der Waals surface area contributed by atoms with Crippen molar-refractivity contribution in [3.05, 3.63) is 60.2 Å². The molecule has 0 aromatic heterocycles. The van der Waals surface area contributed by atoms with Crippen LogP contribution in [0.5, 0.6) is 0 Å². The molecule has 128 valence electrons. The molecule has 0 aliphatic carbocycles. The lowest BCUT2D eigenvalue weighted by atomic mass is 10.2. The highest BCUT2D eigenvalue weighted by Crippen LogP contribution is 2.26. The van der Waals surface area contributed by atoms with E-state index in [0.29, 0.717) is 5.69 Å². The molecule has 1 saturated heterocycles. The van der Waals surface area contributed by atoms with E-state index >= 15 is 0 Å². The van der Waals surface area contributed by atoms with E-state index in [1.165, 1.54) is 12.1 Å². The Labute approximate surface area is 148 Å². The third kappa shape index (κ3) is 3.01. The molecular weight excluding hydrogens is 368 g/mol. The Balaban J connectivity index is 1.96. The zero-order valence-electron chi connectivity index (χ0n) is 12.6. The molecule has 1 aliphatic rings. The van der Waals surface area contributed by atoms with Gasteiger partial charge in [-0.1, -0.05) is 18.2 Å². The quantitative estimate of drug-likeness (QED) is 0.601. The number of hydrogen-bond acceptors (Lipinski definition) is 5. The number of benzene rings is 2. The first-order valence-corrected chi connectivity index (χ1v) is 8.89. The number of rotatable bonds is 4. The minimum Gasteiger partial charge on any atom is -0.284 e. The molecule has 0 saturated carbocycles. The van der Waals surface area contributed by atoms with Crippen molar-refractivity contribution in [2.24, 2.45) is 0 Å². The maximum atomic E-state index is 12.7. The van der Waals surface area contributed by atoms with E-state index in [1.54, 1.807) is 30.3 Å². The second kappa shape index (κ2) is 6.30. The minimum atomic E-state index is -4.38. The van der Waals surface area contributed by atoms with E-state index in [9.17, 15) is 22.8 Å². The number of urea groups is 1. The van der Waals surface area contributed by atoms with Crippen LogP contribution in [0.1, 0.15) is 10.4 Å². The van der Waals surface area contributed by atoms with Crippen molar-refractivity contribution < 1.29 is 22.8 Å². The Kier molecular flexibility index (Phi) is 4.32. The average Bonchev–Trinajstić information content (AvgIpc) is 2.90. The maximum absolute atomic E-state index is 12.7. The Bertz CT molecular complexity index is 958. The first-order valence-electron chi connectivity index (χ1n) is 7.07. The highest BCUT2D eigenvalue weighted by molar-refractivity contribution is 7.90. The number of sulfonamides is 1. The molecule has 25 heavy (non-hydrogen) atoms. The molecular formula is C16H11ClN2O5S. The Morgan fingerprint density at radius 2 is 1.56 bits per heavy atom. The van der Waals surface area contributed by atoms with E-state index in [1.807, 2.05) is 0 Å². The molecule has 3 rings (SSSR count). The molecule has 0 atom stereocenters. The van der Waals surface area contributed by atoms with Crippen molar-refractivity contribution in [1.82, 2.24) is 4.31 Å². The molecule has 2 aromatic carbocycles. The summed E-state index contributed by atoms with van der Waals surface area (Å²) in [5, 5.41) is -0.743. The van der Waals surface area contributed by atoms with Crippen LogP contribution in [0.25, 0.3) is 0 Å². The highest BCUT2D eigenvalue weighted by atomic mass is 35.5. The topological polar surface area (TPSA) is 91.8 Å². The highest BCUT2D eigenvalue weighted by Gasteiger charge is 2.45. The minimum absolute atomic E-state index is 0.102. The molecule has 1 aliphatic heterocycles. The molecule has 9 heteroatoms. The number of anilines is 1. The third-order valence-electron chi connectivity index (χ3n) is 3.61. The van der Waals surface area contributed by atoms with Gasteiger partial charge in [-0.2, -0.15) is 0 Å². The SMILES string of the molecule is O=C(Cl)c1ccc(S(=O)(=O)N2C(=O)CN(c3ccccc3)C2=O)cc1. The van der Waals surface area contributed by atoms with Gasteiger partial charge in [0.05, 0.1) is 4.90 Å². The summed E-state index contributed by atoms with van der Waals surface area (Å²) < 4.78 is 25.5. The Morgan fingerprint density at radius 3 is 2.12 bits per heavy atom. The van der Waals surface area contributed by atoms with Gasteiger partial charge in [0.25, 0.3) is 21.2 Å². The van der Waals surface area contributed by atoms with Crippen LogP contribution in [0, 0.1) is 0 Å². The van der Waals surface area contributed by atoms with Crippen molar-refractivity contribution >= 4 is 44.5 Å². The van der Waals surface area contributed by atoms with Gasteiger partial charge in [-0.25, -0.2) is 13.2 Å². The lowest BCUT2D eigenvalue weighted by Crippen LogP contribution is -2.38. The first kappa shape index (κ1) is 17.1. The van der Waals surface area contributed by atoms with Gasteiger partial charge in [0, 0.05) is 11.3 Å². The maximum Gasteiger partial charge on any atom is 0.346 e. The van der Waals surface area contributed by atoms with Crippen LogP contribution >= 0.6 is 11.6 Å². The van der Waals surface area contributed by atoms with Crippen molar-refractivity contribution in [3.63, 3.8) is 0 Å². The largest absolute Gasteiger partial charge is 0.346 e. The van der Waals surface area contributed by atoms with Gasteiger partial charge >= 0.3 is 6.03 Å². The summed E-state index contributed by atoms with van der Waals surface area (Å²) in [6.45, 7) is -0.375. The Hall–Kier alpha value is -2.71. The van der Waals surface area contributed by atoms with E-state index in [-0.39, 0.29) is 21.3 Å². The van der Waals surface area contributed by atoms with Crippen LogP contribution in [0.15, 0.2) is 59.5 Å². The molecule has 2 aromatic rings. The summed E-state index contributed by atoms with van der Waals surface area (Å²) in [6, 6.07) is 12.0. The summed E-state index contributed by atoms with van der Waals surface area (Å²) in [5.41, 5.74) is 0.521. The van der Waals surface area contributed by atoms with Crippen molar-refractivity contribution in [2.75, 3.05) is 11.4 Å². The number of carbonyl (C=O) groups is 3. The zero-order valence-corrected chi connectivity index (χ0v) is 14.2. The number of hydrogen-bond donors (Lipinski definition) is 0. The summed E-state index contributed by atoms with van der Waals surface area (Å²) in [5.74, 6) is -0.855. The number of para-hydroxylation sites is 1. The molecule has 7 nitrogen and oxygen atoms in total.